The van der Waals surface area contributed by atoms with E-state index < -0.39 is 0 Å². The maximum atomic E-state index is 11.4. The number of benzene rings is 1. The van der Waals surface area contributed by atoms with Gasteiger partial charge in [-0.25, -0.2) is 0 Å². The molecule has 7 heteroatoms. The molecule has 0 atom stereocenters. The summed E-state index contributed by atoms with van der Waals surface area (Å²) in [6.45, 7) is 1.68. The SMILES string of the molecule is COc1ccc(C(C)=O)cc1CON=C(N)c1cc(Br)cs1. The lowest BCUT2D eigenvalue weighted by molar-refractivity contribution is 0.101. The topological polar surface area (TPSA) is 73.9 Å². The highest BCUT2D eigenvalue weighted by Gasteiger charge is 2.08. The van der Waals surface area contributed by atoms with E-state index in [2.05, 4.69) is 21.1 Å². The molecule has 0 aliphatic heterocycles. The molecular formula is C15H15BrN2O3S. The Morgan fingerprint density at radius 3 is 2.77 bits per heavy atom. The molecule has 116 valence electrons. The molecule has 0 unspecified atom stereocenters. The van der Waals surface area contributed by atoms with Gasteiger partial charge >= 0.3 is 0 Å². The fraction of sp³-hybridized carbons (Fsp3) is 0.200. The molecule has 0 amide bonds. The molecule has 0 spiro atoms. The van der Waals surface area contributed by atoms with Crippen LogP contribution in [0.15, 0.2) is 39.3 Å². The third kappa shape index (κ3) is 4.08. The number of nitrogens with two attached hydrogens (primary N) is 1. The number of Topliss-reactive ketones (excluding diaryl/α,β-unsaturated/α-hetero) is 1. The van der Waals surface area contributed by atoms with Crippen LogP contribution in [0.5, 0.6) is 5.75 Å². The second-order valence-electron chi connectivity index (χ2n) is 4.46. The highest BCUT2D eigenvalue weighted by molar-refractivity contribution is 9.10. The Kier molecular flexibility index (Phi) is 5.57. The van der Waals surface area contributed by atoms with Crippen molar-refractivity contribution in [1.82, 2.24) is 0 Å². The molecule has 22 heavy (non-hydrogen) atoms. The van der Waals surface area contributed by atoms with Gasteiger partial charge in [-0.05, 0) is 47.1 Å². The second kappa shape index (κ2) is 7.42. The average molecular weight is 383 g/mol. The van der Waals surface area contributed by atoms with E-state index in [1.54, 1.807) is 25.3 Å². The van der Waals surface area contributed by atoms with Crippen LogP contribution >= 0.6 is 27.3 Å². The first-order valence-corrected chi connectivity index (χ1v) is 8.06. The smallest absolute Gasteiger partial charge is 0.180 e. The first kappa shape index (κ1) is 16.5. The van der Waals surface area contributed by atoms with Crippen LogP contribution < -0.4 is 10.5 Å². The number of carbonyl (C=O) groups is 1. The largest absolute Gasteiger partial charge is 0.496 e. The molecule has 0 saturated heterocycles. The highest BCUT2D eigenvalue weighted by Crippen LogP contribution is 2.22. The number of rotatable bonds is 6. The molecule has 2 aromatic rings. The van der Waals surface area contributed by atoms with Crippen molar-refractivity contribution in [3.8, 4) is 5.75 Å². The van der Waals surface area contributed by atoms with Gasteiger partial charge in [-0.15, -0.1) is 11.3 Å². The number of thiophene rings is 1. The minimum atomic E-state index is -0.0182. The van der Waals surface area contributed by atoms with E-state index in [0.717, 1.165) is 14.9 Å². The van der Waals surface area contributed by atoms with Gasteiger partial charge < -0.3 is 15.3 Å². The van der Waals surface area contributed by atoms with Gasteiger partial charge in [-0.3, -0.25) is 4.79 Å². The summed E-state index contributed by atoms with van der Waals surface area (Å²) in [5.74, 6) is 0.922. The molecule has 0 aliphatic carbocycles. The molecular weight excluding hydrogens is 368 g/mol. The molecule has 1 aromatic heterocycles. The molecule has 1 heterocycles. The van der Waals surface area contributed by atoms with Gasteiger partial charge in [0.2, 0.25) is 0 Å². The van der Waals surface area contributed by atoms with E-state index in [1.807, 2.05) is 11.4 Å². The van der Waals surface area contributed by atoms with E-state index in [1.165, 1.54) is 18.3 Å². The molecule has 0 saturated carbocycles. The van der Waals surface area contributed by atoms with Gasteiger partial charge in [0.1, 0.15) is 12.4 Å². The Balaban J connectivity index is 2.10. The second-order valence-corrected chi connectivity index (χ2v) is 6.29. The van der Waals surface area contributed by atoms with Crippen molar-refractivity contribution in [3.63, 3.8) is 0 Å². The Bertz CT molecular complexity index is 713. The van der Waals surface area contributed by atoms with Crippen molar-refractivity contribution in [2.75, 3.05) is 7.11 Å². The summed E-state index contributed by atoms with van der Waals surface area (Å²) in [5, 5.41) is 5.81. The number of ketones is 1. The quantitative estimate of drug-likeness (QED) is 0.358. The van der Waals surface area contributed by atoms with Crippen molar-refractivity contribution in [3.05, 3.63) is 50.1 Å². The Morgan fingerprint density at radius 2 is 2.18 bits per heavy atom. The number of carbonyl (C=O) groups excluding carboxylic acids is 1. The van der Waals surface area contributed by atoms with Crippen molar-refractivity contribution in [2.24, 2.45) is 10.9 Å². The maximum absolute atomic E-state index is 11.4. The molecule has 0 fully saturated rings. The minimum absolute atomic E-state index is 0.0182. The summed E-state index contributed by atoms with van der Waals surface area (Å²) in [4.78, 5) is 17.5. The minimum Gasteiger partial charge on any atom is -0.496 e. The number of hydrogen-bond donors (Lipinski definition) is 1. The Morgan fingerprint density at radius 1 is 1.41 bits per heavy atom. The lowest BCUT2D eigenvalue weighted by Crippen LogP contribution is -2.12. The first-order valence-electron chi connectivity index (χ1n) is 6.39. The summed E-state index contributed by atoms with van der Waals surface area (Å²) >= 11 is 4.82. The molecule has 5 nitrogen and oxygen atoms in total. The number of methoxy groups -OCH3 is 1. The van der Waals surface area contributed by atoms with Gasteiger partial charge in [-0.2, -0.15) is 0 Å². The van der Waals surface area contributed by atoms with Gasteiger partial charge in [0.15, 0.2) is 11.6 Å². The maximum Gasteiger partial charge on any atom is 0.180 e. The summed E-state index contributed by atoms with van der Waals surface area (Å²) in [7, 11) is 1.56. The Labute approximate surface area is 140 Å². The van der Waals surface area contributed by atoms with Crippen LogP contribution in [0.3, 0.4) is 0 Å². The van der Waals surface area contributed by atoms with Gasteiger partial charge in [0.25, 0.3) is 0 Å². The van der Waals surface area contributed by atoms with Crippen LogP contribution in [0.2, 0.25) is 0 Å². The number of ether oxygens (including phenoxy) is 1. The van der Waals surface area contributed by atoms with Crippen molar-refractivity contribution < 1.29 is 14.4 Å². The van der Waals surface area contributed by atoms with Crippen LogP contribution in [0, 0.1) is 0 Å². The predicted molar refractivity (Wildman–Crippen MR) is 90.5 cm³/mol. The number of oxime groups is 1. The normalized spacial score (nSPS) is 11.3. The zero-order chi connectivity index (χ0) is 16.1. The van der Waals surface area contributed by atoms with Gasteiger partial charge in [0.05, 0.1) is 12.0 Å². The van der Waals surface area contributed by atoms with E-state index in [0.29, 0.717) is 17.1 Å². The van der Waals surface area contributed by atoms with Crippen LogP contribution in [-0.2, 0) is 11.4 Å². The highest BCUT2D eigenvalue weighted by atomic mass is 79.9. The summed E-state index contributed by atoms with van der Waals surface area (Å²) < 4.78 is 6.20. The molecule has 0 bridgehead atoms. The molecule has 2 rings (SSSR count). The monoisotopic (exact) mass is 382 g/mol. The van der Waals surface area contributed by atoms with Crippen LogP contribution in [0.1, 0.15) is 27.7 Å². The standard InChI is InChI=1S/C15H15BrN2O3S/c1-9(19)10-3-4-13(20-2)11(5-10)7-21-18-15(17)14-6-12(16)8-22-14/h3-6,8H,7H2,1-2H3,(H2,17,18). The fourth-order valence-electron chi connectivity index (χ4n) is 1.77. The van der Waals surface area contributed by atoms with E-state index >= 15 is 0 Å². The summed E-state index contributed by atoms with van der Waals surface area (Å²) in [5.41, 5.74) is 7.18. The predicted octanol–water partition coefficient (Wildman–Crippen LogP) is 3.56. The van der Waals surface area contributed by atoms with Crippen molar-refractivity contribution in [2.45, 2.75) is 13.5 Å². The number of hydrogen-bond acceptors (Lipinski definition) is 5. The van der Waals surface area contributed by atoms with Crippen molar-refractivity contribution in [1.29, 1.82) is 0 Å². The van der Waals surface area contributed by atoms with E-state index in [9.17, 15) is 4.79 Å². The van der Waals surface area contributed by atoms with Crippen LogP contribution in [-0.4, -0.2) is 18.7 Å². The van der Waals surface area contributed by atoms with Crippen molar-refractivity contribution >= 4 is 38.9 Å². The van der Waals surface area contributed by atoms with E-state index in [4.69, 9.17) is 15.3 Å². The summed E-state index contributed by atoms with van der Waals surface area (Å²) in [6.07, 6.45) is 0. The van der Waals surface area contributed by atoms with Gasteiger partial charge in [0, 0.05) is 21.0 Å². The third-order valence-electron chi connectivity index (χ3n) is 2.89. The zero-order valence-corrected chi connectivity index (χ0v) is 14.5. The number of halogens is 1. The van der Waals surface area contributed by atoms with Gasteiger partial charge in [-0.1, -0.05) is 5.16 Å². The summed E-state index contributed by atoms with van der Waals surface area (Å²) in [6, 6.07) is 7.04. The van der Waals surface area contributed by atoms with Crippen LogP contribution in [0.4, 0.5) is 0 Å². The first-order chi connectivity index (χ1) is 10.5. The fourth-order valence-corrected chi connectivity index (χ4v) is 3.10. The van der Waals surface area contributed by atoms with E-state index in [-0.39, 0.29) is 12.4 Å². The lowest BCUT2D eigenvalue weighted by Gasteiger charge is -2.09. The average Bonchev–Trinajstić information content (AvgIpc) is 2.93. The molecule has 1 aromatic carbocycles. The van der Waals surface area contributed by atoms with Crippen LogP contribution in [0.25, 0.3) is 0 Å². The molecule has 0 aliphatic rings. The lowest BCUT2D eigenvalue weighted by atomic mass is 10.1. The number of amidine groups is 1. The molecule has 2 N–H and O–H groups in total. The Hall–Kier alpha value is -1.86. The molecule has 0 radical (unpaired) electrons. The number of nitrogens with zero attached hydrogens (tertiary/aromatic N) is 1. The third-order valence-corrected chi connectivity index (χ3v) is 4.60. The zero-order valence-electron chi connectivity index (χ0n) is 12.1.